The number of hydrogen-bond acceptors (Lipinski definition) is 4. The van der Waals surface area contributed by atoms with Crippen LogP contribution < -0.4 is 5.32 Å². The van der Waals surface area contributed by atoms with E-state index in [2.05, 4.69) is 36.1 Å². The first kappa shape index (κ1) is 15.4. The van der Waals surface area contributed by atoms with Gasteiger partial charge in [0.05, 0.1) is 0 Å². The van der Waals surface area contributed by atoms with Gasteiger partial charge in [0.2, 0.25) is 0 Å². The van der Waals surface area contributed by atoms with Crippen molar-refractivity contribution >= 4 is 0 Å². The predicted octanol–water partition coefficient (Wildman–Crippen LogP) is 3.03. The minimum atomic E-state index is -0.285. The molecule has 0 radical (unpaired) electrons. The van der Waals surface area contributed by atoms with Gasteiger partial charge in [0.15, 0.2) is 5.82 Å². The highest BCUT2D eigenvalue weighted by Gasteiger charge is 2.41. The molecule has 20 heavy (non-hydrogen) atoms. The molecule has 0 unspecified atom stereocenters. The maximum Gasteiger partial charge on any atom is 0.160 e. The zero-order valence-corrected chi connectivity index (χ0v) is 13.2. The van der Waals surface area contributed by atoms with Crippen LogP contribution in [0.2, 0.25) is 0 Å². The third-order valence-electron chi connectivity index (χ3n) is 4.49. The number of nitrogens with zero attached hydrogens (tertiary/aromatic N) is 2. The first-order valence-corrected chi connectivity index (χ1v) is 7.59. The summed E-state index contributed by atoms with van der Waals surface area (Å²) >= 11 is 0. The van der Waals surface area contributed by atoms with Crippen molar-refractivity contribution in [2.75, 3.05) is 13.7 Å². The topological polar surface area (TPSA) is 47.0 Å². The van der Waals surface area contributed by atoms with Crippen molar-refractivity contribution in [1.82, 2.24) is 15.3 Å². The third-order valence-corrected chi connectivity index (χ3v) is 4.49. The zero-order chi connectivity index (χ0) is 14.6. The monoisotopic (exact) mass is 277 g/mol. The summed E-state index contributed by atoms with van der Waals surface area (Å²) in [6, 6.07) is 0. The van der Waals surface area contributed by atoms with Gasteiger partial charge in [0, 0.05) is 31.6 Å². The van der Waals surface area contributed by atoms with E-state index in [1.54, 1.807) is 7.11 Å². The van der Waals surface area contributed by atoms with Gasteiger partial charge in [-0.05, 0) is 37.6 Å². The Balaban J connectivity index is 2.12. The van der Waals surface area contributed by atoms with Crippen LogP contribution in [0.4, 0.5) is 0 Å². The number of hydrogen-bond donors (Lipinski definition) is 1. The second-order valence-electron chi connectivity index (χ2n) is 6.56. The number of nitrogens with one attached hydrogen (secondary N) is 1. The zero-order valence-electron chi connectivity index (χ0n) is 13.2. The fourth-order valence-electron chi connectivity index (χ4n) is 2.80. The summed E-state index contributed by atoms with van der Waals surface area (Å²) in [5.41, 5.74) is 1.25. The average Bonchev–Trinajstić information content (AvgIpc) is 2.46. The van der Waals surface area contributed by atoms with Gasteiger partial charge in [0.25, 0.3) is 0 Å². The quantitative estimate of drug-likeness (QED) is 0.898. The molecule has 0 spiro atoms. The summed E-state index contributed by atoms with van der Waals surface area (Å²) in [6.07, 6.45) is 8.16. The van der Waals surface area contributed by atoms with Gasteiger partial charge in [-0.3, -0.25) is 0 Å². The van der Waals surface area contributed by atoms with Crippen LogP contribution in [0, 0.1) is 5.41 Å². The van der Waals surface area contributed by atoms with Crippen LogP contribution in [0.15, 0.2) is 12.4 Å². The summed E-state index contributed by atoms with van der Waals surface area (Å²) < 4.78 is 5.84. The Morgan fingerprint density at radius 1 is 1.15 bits per heavy atom. The average molecular weight is 277 g/mol. The van der Waals surface area contributed by atoms with Crippen molar-refractivity contribution < 1.29 is 4.74 Å². The van der Waals surface area contributed by atoms with Gasteiger partial charge in [-0.15, -0.1) is 0 Å². The van der Waals surface area contributed by atoms with E-state index in [1.807, 2.05) is 12.4 Å². The highest BCUT2D eigenvalue weighted by molar-refractivity contribution is 5.11. The molecule has 1 aliphatic carbocycles. The van der Waals surface area contributed by atoms with Crippen molar-refractivity contribution in [1.29, 1.82) is 0 Å². The molecule has 1 aliphatic rings. The van der Waals surface area contributed by atoms with Crippen molar-refractivity contribution in [3.05, 3.63) is 23.8 Å². The fraction of sp³-hybridized carbons (Fsp3) is 0.750. The van der Waals surface area contributed by atoms with Crippen LogP contribution in [0.1, 0.15) is 57.8 Å². The lowest BCUT2D eigenvalue weighted by atomic mass is 9.70. The fourth-order valence-corrected chi connectivity index (χ4v) is 2.80. The molecule has 0 aromatic carbocycles. The second-order valence-corrected chi connectivity index (χ2v) is 6.56. The van der Waals surface area contributed by atoms with E-state index in [-0.39, 0.29) is 5.60 Å². The Morgan fingerprint density at radius 2 is 1.75 bits per heavy atom. The molecule has 1 saturated carbocycles. The van der Waals surface area contributed by atoms with Crippen molar-refractivity contribution in [2.24, 2.45) is 5.41 Å². The highest BCUT2D eigenvalue weighted by Crippen LogP contribution is 2.45. The standard InChI is InChI=1S/C16H27N3O/c1-5-17-10-13-11-18-14(19-12-13)16(20-4)8-6-15(2,3)7-9-16/h11-12,17H,5-10H2,1-4H3. The van der Waals surface area contributed by atoms with E-state index >= 15 is 0 Å². The lowest BCUT2D eigenvalue weighted by Gasteiger charge is -2.41. The summed E-state index contributed by atoms with van der Waals surface area (Å²) in [4.78, 5) is 9.14. The molecule has 1 N–H and O–H groups in total. The second kappa shape index (κ2) is 6.19. The molecule has 4 nitrogen and oxygen atoms in total. The molecular formula is C16H27N3O. The predicted molar refractivity (Wildman–Crippen MR) is 80.3 cm³/mol. The van der Waals surface area contributed by atoms with Gasteiger partial charge < -0.3 is 10.1 Å². The molecular weight excluding hydrogens is 250 g/mol. The van der Waals surface area contributed by atoms with E-state index in [9.17, 15) is 0 Å². The SMILES string of the molecule is CCNCc1cnc(C2(OC)CCC(C)(C)CC2)nc1. The summed E-state index contributed by atoms with van der Waals surface area (Å²) in [5.74, 6) is 0.843. The Hall–Kier alpha value is -1.00. The summed E-state index contributed by atoms with van der Waals surface area (Å²) in [5, 5.41) is 3.29. The lowest BCUT2D eigenvalue weighted by Crippen LogP contribution is -2.38. The Morgan fingerprint density at radius 3 is 2.25 bits per heavy atom. The first-order valence-electron chi connectivity index (χ1n) is 7.59. The van der Waals surface area contributed by atoms with Crippen molar-refractivity contribution in [3.8, 4) is 0 Å². The van der Waals surface area contributed by atoms with E-state index in [0.717, 1.165) is 50.2 Å². The normalized spacial score (nSPS) is 20.8. The van der Waals surface area contributed by atoms with Crippen molar-refractivity contribution in [3.63, 3.8) is 0 Å². The van der Waals surface area contributed by atoms with Crippen LogP contribution in [-0.4, -0.2) is 23.6 Å². The lowest BCUT2D eigenvalue weighted by molar-refractivity contribution is -0.0729. The van der Waals surface area contributed by atoms with Gasteiger partial charge >= 0.3 is 0 Å². The maximum atomic E-state index is 5.84. The minimum Gasteiger partial charge on any atom is -0.370 e. The molecule has 0 aliphatic heterocycles. The van der Waals surface area contributed by atoms with Crippen LogP contribution in [0.25, 0.3) is 0 Å². The number of rotatable bonds is 5. The molecule has 0 amide bonds. The molecule has 4 heteroatoms. The molecule has 0 bridgehead atoms. The van der Waals surface area contributed by atoms with E-state index in [1.165, 1.54) is 0 Å². The summed E-state index contributed by atoms with van der Waals surface area (Å²) in [6.45, 7) is 8.53. The van der Waals surface area contributed by atoms with Crippen LogP contribution in [0.5, 0.6) is 0 Å². The van der Waals surface area contributed by atoms with E-state index < -0.39 is 0 Å². The van der Waals surface area contributed by atoms with Crippen LogP contribution in [-0.2, 0) is 16.9 Å². The Labute approximate surface area is 122 Å². The first-order chi connectivity index (χ1) is 9.51. The summed E-state index contributed by atoms with van der Waals surface area (Å²) in [7, 11) is 1.79. The van der Waals surface area contributed by atoms with E-state index in [4.69, 9.17) is 4.74 Å². The third kappa shape index (κ3) is 3.36. The number of methoxy groups -OCH3 is 1. The van der Waals surface area contributed by atoms with Crippen LogP contribution >= 0.6 is 0 Å². The van der Waals surface area contributed by atoms with Gasteiger partial charge in [-0.25, -0.2) is 9.97 Å². The Kier molecular flexibility index (Phi) is 4.76. The molecule has 1 fully saturated rings. The molecule has 1 heterocycles. The van der Waals surface area contributed by atoms with E-state index in [0.29, 0.717) is 5.41 Å². The van der Waals surface area contributed by atoms with Crippen LogP contribution in [0.3, 0.4) is 0 Å². The number of ether oxygens (including phenoxy) is 1. The van der Waals surface area contributed by atoms with Crippen molar-refractivity contribution in [2.45, 2.75) is 58.6 Å². The molecule has 0 saturated heterocycles. The van der Waals surface area contributed by atoms with Gasteiger partial charge in [-0.2, -0.15) is 0 Å². The smallest absolute Gasteiger partial charge is 0.160 e. The van der Waals surface area contributed by atoms with Gasteiger partial charge in [0.1, 0.15) is 5.60 Å². The molecule has 2 rings (SSSR count). The number of aromatic nitrogens is 2. The largest absolute Gasteiger partial charge is 0.370 e. The highest BCUT2D eigenvalue weighted by atomic mass is 16.5. The van der Waals surface area contributed by atoms with Gasteiger partial charge in [-0.1, -0.05) is 20.8 Å². The Bertz CT molecular complexity index is 418. The molecule has 1 aromatic rings. The maximum absolute atomic E-state index is 5.84. The molecule has 0 atom stereocenters. The molecule has 1 aromatic heterocycles. The minimum absolute atomic E-state index is 0.285. The molecule has 112 valence electrons.